The van der Waals surface area contributed by atoms with Crippen molar-refractivity contribution >= 4 is 40.7 Å². The van der Waals surface area contributed by atoms with E-state index < -0.39 is 0 Å². The van der Waals surface area contributed by atoms with Crippen LogP contribution in [0.1, 0.15) is 12.0 Å². The molecule has 0 aromatic heterocycles. The summed E-state index contributed by atoms with van der Waals surface area (Å²) in [6.07, 6.45) is 3.31. The van der Waals surface area contributed by atoms with Gasteiger partial charge in [-0.3, -0.25) is 0 Å². The molecular formula is C12H18Cl2N2S. The fraction of sp³-hybridized carbons (Fsp3) is 0.500. The van der Waals surface area contributed by atoms with Crippen molar-refractivity contribution in [2.75, 3.05) is 31.3 Å². The number of anilines is 1. The Labute approximate surface area is 117 Å². The van der Waals surface area contributed by atoms with Gasteiger partial charge in [0.05, 0.1) is 15.7 Å². The second-order valence-corrected chi connectivity index (χ2v) is 5.86. The van der Waals surface area contributed by atoms with Gasteiger partial charge in [0.15, 0.2) is 0 Å². The van der Waals surface area contributed by atoms with Crippen LogP contribution in [-0.4, -0.2) is 30.5 Å². The summed E-state index contributed by atoms with van der Waals surface area (Å²) in [4.78, 5) is 2.26. The van der Waals surface area contributed by atoms with Crippen LogP contribution in [0.2, 0.25) is 10.0 Å². The predicted octanol–water partition coefficient (Wildman–Crippen LogP) is 3.76. The van der Waals surface area contributed by atoms with Crippen LogP contribution in [0.4, 0.5) is 5.69 Å². The van der Waals surface area contributed by atoms with Gasteiger partial charge in [-0.2, -0.15) is 11.8 Å². The lowest BCUT2D eigenvalue weighted by Gasteiger charge is -2.17. The van der Waals surface area contributed by atoms with Crippen molar-refractivity contribution in [3.05, 3.63) is 27.7 Å². The van der Waals surface area contributed by atoms with Crippen molar-refractivity contribution in [1.29, 1.82) is 0 Å². The van der Waals surface area contributed by atoms with E-state index >= 15 is 0 Å². The Kier molecular flexibility index (Phi) is 6.49. The van der Waals surface area contributed by atoms with Crippen molar-refractivity contribution in [2.45, 2.75) is 13.0 Å². The smallest absolute Gasteiger partial charge is 0.0693 e. The van der Waals surface area contributed by atoms with Gasteiger partial charge >= 0.3 is 0 Å². The summed E-state index contributed by atoms with van der Waals surface area (Å²) in [7, 11) is 2.10. The molecule has 1 rings (SSSR count). The number of benzene rings is 1. The van der Waals surface area contributed by atoms with Gasteiger partial charge in [-0.1, -0.05) is 23.2 Å². The number of rotatable bonds is 6. The molecule has 0 fully saturated rings. The van der Waals surface area contributed by atoms with Gasteiger partial charge in [-0.15, -0.1) is 0 Å². The molecule has 2 N–H and O–H groups in total. The Morgan fingerprint density at radius 1 is 1.29 bits per heavy atom. The molecule has 2 nitrogen and oxygen atoms in total. The van der Waals surface area contributed by atoms with E-state index in [-0.39, 0.29) is 0 Å². The number of hydrogen-bond donors (Lipinski definition) is 1. The molecule has 0 aliphatic rings. The molecular weight excluding hydrogens is 275 g/mol. The lowest BCUT2D eigenvalue weighted by molar-refractivity contribution is 0.328. The van der Waals surface area contributed by atoms with Gasteiger partial charge < -0.3 is 10.6 Å². The molecule has 0 atom stereocenters. The molecule has 0 unspecified atom stereocenters. The highest BCUT2D eigenvalue weighted by Crippen LogP contribution is 2.29. The van der Waals surface area contributed by atoms with Crippen molar-refractivity contribution < 1.29 is 0 Å². The van der Waals surface area contributed by atoms with Gasteiger partial charge in [0.25, 0.3) is 0 Å². The third-order valence-corrected chi connectivity index (χ3v) is 3.80. The SMILES string of the molecule is CSCCCN(C)Cc1cc(Cl)c(N)c(Cl)c1. The zero-order valence-corrected chi connectivity index (χ0v) is 12.5. The highest BCUT2D eigenvalue weighted by atomic mass is 35.5. The summed E-state index contributed by atoms with van der Waals surface area (Å²) >= 11 is 13.9. The van der Waals surface area contributed by atoms with E-state index in [1.807, 2.05) is 23.9 Å². The number of nitrogens with two attached hydrogens (primary N) is 1. The lowest BCUT2D eigenvalue weighted by atomic mass is 10.2. The van der Waals surface area contributed by atoms with Crippen LogP contribution in [-0.2, 0) is 6.54 Å². The lowest BCUT2D eigenvalue weighted by Crippen LogP contribution is -2.19. The highest BCUT2D eigenvalue weighted by Gasteiger charge is 2.06. The second kappa shape index (κ2) is 7.37. The van der Waals surface area contributed by atoms with Gasteiger partial charge in [-0.25, -0.2) is 0 Å². The number of hydrogen-bond acceptors (Lipinski definition) is 3. The summed E-state index contributed by atoms with van der Waals surface area (Å²) in [6, 6.07) is 3.77. The van der Waals surface area contributed by atoms with E-state index in [9.17, 15) is 0 Å². The van der Waals surface area contributed by atoms with Crippen LogP contribution in [0.5, 0.6) is 0 Å². The van der Waals surface area contributed by atoms with Crippen molar-refractivity contribution in [3.8, 4) is 0 Å². The minimum atomic E-state index is 0.460. The van der Waals surface area contributed by atoms with Crippen molar-refractivity contribution in [2.24, 2.45) is 0 Å². The Balaban J connectivity index is 2.56. The molecule has 0 bridgehead atoms. The van der Waals surface area contributed by atoms with Gasteiger partial charge in [0, 0.05) is 6.54 Å². The van der Waals surface area contributed by atoms with Crippen molar-refractivity contribution in [1.82, 2.24) is 4.90 Å². The summed E-state index contributed by atoms with van der Waals surface area (Å²) < 4.78 is 0. The average molecular weight is 293 g/mol. The fourth-order valence-electron chi connectivity index (χ4n) is 1.60. The molecule has 0 spiro atoms. The van der Waals surface area contributed by atoms with E-state index in [4.69, 9.17) is 28.9 Å². The van der Waals surface area contributed by atoms with Gasteiger partial charge in [0.2, 0.25) is 0 Å². The minimum Gasteiger partial charge on any atom is -0.396 e. The molecule has 0 radical (unpaired) electrons. The Bertz CT molecular complexity index is 349. The molecule has 5 heteroatoms. The zero-order chi connectivity index (χ0) is 12.8. The summed E-state index contributed by atoms with van der Waals surface area (Å²) in [5.74, 6) is 1.19. The molecule has 1 aromatic rings. The molecule has 0 heterocycles. The quantitative estimate of drug-likeness (QED) is 0.639. The summed E-state index contributed by atoms with van der Waals surface area (Å²) in [5, 5.41) is 1.06. The van der Waals surface area contributed by atoms with E-state index in [0.717, 1.165) is 18.7 Å². The topological polar surface area (TPSA) is 29.3 Å². The number of halogens is 2. The maximum absolute atomic E-state index is 6.00. The maximum Gasteiger partial charge on any atom is 0.0693 e. The monoisotopic (exact) mass is 292 g/mol. The molecule has 1 aromatic carbocycles. The molecule has 96 valence electrons. The third-order valence-electron chi connectivity index (χ3n) is 2.48. The van der Waals surface area contributed by atoms with E-state index in [1.54, 1.807) is 0 Å². The third kappa shape index (κ3) is 4.96. The number of thioether (sulfide) groups is 1. The molecule has 0 amide bonds. The van der Waals surface area contributed by atoms with Gasteiger partial charge in [-0.05, 0) is 49.7 Å². The molecule has 0 saturated heterocycles. The Hall–Kier alpha value is -0.0900. The van der Waals surface area contributed by atoms with E-state index in [0.29, 0.717) is 15.7 Å². The minimum absolute atomic E-state index is 0.460. The number of nitrogens with zero attached hydrogens (tertiary/aromatic N) is 1. The average Bonchev–Trinajstić information content (AvgIpc) is 2.26. The van der Waals surface area contributed by atoms with Crippen LogP contribution in [0.25, 0.3) is 0 Å². The summed E-state index contributed by atoms with van der Waals surface area (Å²) in [5.41, 5.74) is 7.26. The van der Waals surface area contributed by atoms with Crippen LogP contribution >= 0.6 is 35.0 Å². The van der Waals surface area contributed by atoms with E-state index in [2.05, 4.69) is 18.2 Å². The van der Waals surface area contributed by atoms with E-state index in [1.165, 1.54) is 12.2 Å². The van der Waals surface area contributed by atoms with Crippen LogP contribution in [0.15, 0.2) is 12.1 Å². The first-order valence-corrected chi connectivity index (χ1v) is 7.60. The Morgan fingerprint density at radius 2 is 1.88 bits per heavy atom. The summed E-state index contributed by atoms with van der Waals surface area (Å²) in [6.45, 7) is 1.91. The Morgan fingerprint density at radius 3 is 2.41 bits per heavy atom. The molecule has 0 saturated carbocycles. The fourth-order valence-corrected chi connectivity index (χ4v) is 2.55. The zero-order valence-electron chi connectivity index (χ0n) is 10.2. The standard InChI is InChI=1S/C12H18Cl2N2S/c1-16(4-3-5-17-2)8-9-6-10(13)12(15)11(14)7-9/h6-7H,3-5,8,15H2,1-2H3. The largest absolute Gasteiger partial charge is 0.396 e. The van der Waals surface area contributed by atoms with Crippen LogP contribution in [0.3, 0.4) is 0 Å². The molecule has 0 aliphatic carbocycles. The van der Waals surface area contributed by atoms with Crippen LogP contribution in [0, 0.1) is 0 Å². The van der Waals surface area contributed by atoms with Crippen molar-refractivity contribution in [3.63, 3.8) is 0 Å². The first-order valence-electron chi connectivity index (χ1n) is 5.45. The first kappa shape index (κ1) is 15.0. The van der Waals surface area contributed by atoms with Crippen LogP contribution < -0.4 is 5.73 Å². The second-order valence-electron chi connectivity index (χ2n) is 4.06. The van der Waals surface area contributed by atoms with Gasteiger partial charge in [0.1, 0.15) is 0 Å². The molecule has 0 aliphatic heterocycles. The normalized spacial score (nSPS) is 11.1. The maximum atomic E-state index is 6.00. The predicted molar refractivity (Wildman–Crippen MR) is 80.2 cm³/mol. The number of nitrogen functional groups attached to an aromatic ring is 1. The first-order chi connectivity index (χ1) is 8.04. The highest BCUT2D eigenvalue weighted by molar-refractivity contribution is 7.98. The molecule has 17 heavy (non-hydrogen) atoms.